The molecule has 96 valence electrons. The Hall–Kier alpha value is -1.14. The van der Waals surface area contributed by atoms with Crippen molar-refractivity contribution in [2.24, 2.45) is 0 Å². The summed E-state index contributed by atoms with van der Waals surface area (Å²) in [7, 11) is -3.26. The number of anilines is 1. The van der Waals surface area contributed by atoms with E-state index in [1.54, 1.807) is 18.3 Å². The third-order valence-corrected chi connectivity index (χ3v) is 3.45. The topological polar surface area (TPSA) is 71.1 Å². The van der Waals surface area contributed by atoms with Crippen LogP contribution in [0.25, 0.3) is 0 Å². The summed E-state index contributed by atoms with van der Waals surface area (Å²) in [6.07, 6.45) is 3.68. The van der Waals surface area contributed by atoms with Gasteiger partial charge in [0.15, 0.2) is 0 Å². The second-order valence-corrected chi connectivity index (χ2v) is 5.97. The number of pyridine rings is 1. The number of rotatable bonds is 7. The molecular weight excluding hydrogens is 238 g/mol. The first-order valence-electron chi connectivity index (χ1n) is 5.63. The SMILES string of the molecule is CC(C)NCCCS(=O)(=O)Nc1cccnc1. The number of nitrogens with one attached hydrogen (secondary N) is 2. The largest absolute Gasteiger partial charge is 0.314 e. The molecule has 2 N–H and O–H groups in total. The molecule has 1 rings (SSSR count). The Morgan fingerprint density at radius 2 is 2.18 bits per heavy atom. The van der Waals surface area contributed by atoms with Crippen LogP contribution < -0.4 is 10.0 Å². The molecule has 0 aliphatic heterocycles. The highest BCUT2D eigenvalue weighted by Gasteiger charge is 2.09. The van der Waals surface area contributed by atoms with Crippen molar-refractivity contribution in [2.45, 2.75) is 26.3 Å². The summed E-state index contributed by atoms with van der Waals surface area (Å²) in [5.41, 5.74) is 0.504. The van der Waals surface area contributed by atoms with Gasteiger partial charge in [-0.15, -0.1) is 0 Å². The molecule has 0 radical (unpaired) electrons. The summed E-state index contributed by atoms with van der Waals surface area (Å²) in [6, 6.07) is 3.75. The van der Waals surface area contributed by atoms with Crippen LogP contribution >= 0.6 is 0 Å². The van der Waals surface area contributed by atoms with E-state index < -0.39 is 10.0 Å². The van der Waals surface area contributed by atoms with Gasteiger partial charge in [-0.2, -0.15) is 0 Å². The lowest BCUT2D eigenvalue weighted by Crippen LogP contribution is -2.26. The molecule has 0 bridgehead atoms. The molecule has 6 heteroatoms. The maximum atomic E-state index is 11.7. The Balaban J connectivity index is 2.37. The lowest BCUT2D eigenvalue weighted by Gasteiger charge is -2.09. The van der Waals surface area contributed by atoms with Crippen LogP contribution in [-0.4, -0.2) is 31.7 Å². The quantitative estimate of drug-likeness (QED) is 0.720. The summed E-state index contributed by atoms with van der Waals surface area (Å²) in [5.74, 6) is 0.113. The number of sulfonamides is 1. The minimum atomic E-state index is -3.26. The third kappa shape index (κ3) is 6.23. The smallest absolute Gasteiger partial charge is 0.232 e. The highest BCUT2D eigenvalue weighted by molar-refractivity contribution is 7.92. The summed E-state index contributed by atoms with van der Waals surface area (Å²) in [5, 5.41) is 3.18. The average Bonchev–Trinajstić information content (AvgIpc) is 2.25. The number of hydrogen-bond donors (Lipinski definition) is 2. The van der Waals surface area contributed by atoms with Crippen molar-refractivity contribution in [3.8, 4) is 0 Å². The van der Waals surface area contributed by atoms with Crippen LogP contribution in [0.5, 0.6) is 0 Å². The normalized spacial score (nSPS) is 11.7. The van der Waals surface area contributed by atoms with Gasteiger partial charge in [-0.3, -0.25) is 9.71 Å². The molecule has 0 aliphatic rings. The van der Waals surface area contributed by atoms with E-state index in [0.717, 1.165) is 0 Å². The lowest BCUT2D eigenvalue weighted by molar-refractivity contribution is 0.571. The van der Waals surface area contributed by atoms with Crippen LogP contribution in [0.3, 0.4) is 0 Å². The van der Waals surface area contributed by atoms with E-state index >= 15 is 0 Å². The molecule has 0 spiro atoms. The Labute approximate surface area is 103 Å². The molecule has 0 amide bonds. The van der Waals surface area contributed by atoms with Crippen molar-refractivity contribution in [1.29, 1.82) is 0 Å². The van der Waals surface area contributed by atoms with Crippen molar-refractivity contribution in [3.63, 3.8) is 0 Å². The molecule has 0 aromatic carbocycles. The molecule has 1 aromatic rings. The molecule has 0 aliphatic carbocycles. The van der Waals surface area contributed by atoms with Gasteiger partial charge in [0.1, 0.15) is 0 Å². The second-order valence-electron chi connectivity index (χ2n) is 4.13. The van der Waals surface area contributed by atoms with Gasteiger partial charge in [-0.1, -0.05) is 13.8 Å². The number of aromatic nitrogens is 1. The van der Waals surface area contributed by atoms with Gasteiger partial charge in [0.25, 0.3) is 0 Å². The zero-order chi connectivity index (χ0) is 12.7. The first kappa shape index (κ1) is 13.9. The van der Waals surface area contributed by atoms with Crippen molar-refractivity contribution in [3.05, 3.63) is 24.5 Å². The van der Waals surface area contributed by atoms with E-state index in [2.05, 4.69) is 15.0 Å². The van der Waals surface area contributed by atoms with Gasteiger partial charge in [0.2, 0.25) is 10.0 Å². The van der Waals surface area contributed by atoms with E-state index in [1.807, 2.05) is 13.8 Å². The molecule has 0 unspecified atom stereocenters. The summed E-state index contributed by atoms with van der Waals surface area (Å²) >= 11 is 0. The van der Waals surface area contributed by atoms with Crippen LogP contribution in [0, 0.1) is 0 Å². The van der Waals surface area contributed by atoms with Crippen molar-refractivity contribution < 1.29 is 8.42 Å². The van der Waals surface area contributed by atoms with Crippen molar-refractivity contribution in [2.75, 3.05) is 17.0 Å². The minimum absolute atomic E-state index is 0.113. The van der Waals surface area contributed by atoms with Crippen LogP contribution in [0.4, 0.5) is 5.69 Å². The molecule has 1 aromatic heterocycles. The predicted molar refractivity (Wildman–Crippen MR) is 69.4 cm³/mol. The van der Waals surface area contributed by atoms with Gasteiger partial charge < -0.3 is 5.32 Å². The average molecular weight is 257 g/mol. The standard InChI is InChI=1S/C11H19N3O2S/c1-10(2)13-7-4-8-17(15,16)14-11-5-3-6-12-9-11/h3,5-6,9-10,13-14H,4,7-8H2,1-2H3. The molecule has 0 fully saturated rings. The van der Waals surface area contributed by atoms with Crippen LogP contribution in [0.15, 0.2) is 24.5 Å². The minimum Gasteiger partial charge on any atom is -0.314 e. The van der Waals surface area contributed by atoms with Gasteiger partial charge in [0, 0.05) is 12.2 Å². The van der Waals surface area contributed by atoms with E-state index in [9.17, 15) is 8.42 Å². The monoisotopic (exact) mass is 257 g/mol. The summed E-state index contributed by atoms with van der Waals surface area (Å²) in [6.45, 7) is 4.76. The van der Waals surface area contributed by atoms with E-state index in [4.69, 9.17) is 0 Å². The Bertz CT molecular complexity index is 418. The van der Waals surface area contributed by atoms with Gasteiger partial charge in [-0.25, -0.2) is 8.42 Å². The first-order valence-corrected chi connectivity index (χ1v) is 7.29. The second kappa shape index (κ2) is 6.56. The molecule has 1 heterocycles. The fourth-order valence-electron chi connectivity index (χ4n) is 1.31. The van der Waals surface area contributed by atoms with E-state index in [-0.39, 0.29) is 5.75 Å². The predicted octanol–water partition coefficient (Wildman–Crippen LogP) is 1.21. The first-order chi connectivity index (χ1) is 7.99. The fourth-order valence-corrected chi connectivity index (χ4v) is 2.41. The molecule has 0 atom stereocenters. The van der Waals surface area contributed by atoms with E-state index in [0.29, 0.717) is 24.7 Å². The summed E-state index contributed by atoms with van der Waals surface area (Å²) < 4.78 is 25.8. The highest BCUT2D eigenvalue weighted by Crippen LogP contribution is 2.06. The van der Waals surface area contributed by atoms with Crippen molar-refractivity contribution >= 4 is 15.7 Å². The molecule has 5 nitrogen and oxygen atoms in total. The van der Waals surface area contributed by atoms with Crippen molar-refractivity contribution in [1.82, 2.24) is 10.3 Å². The van der Waals surface area contributed by atoms with Crippen LogP contribution in [-0.2, 0) is 10.0 Å². The zero-order valence-electron chi connectivity index (χ0n) is 10.2. The molecular formula is C11H19N3O2S. The number of hydrogen-bond acceptors (Lipinski definition) is 4. The van der Waals surface area contributed by atoms with Crippen LogP contribution in [0.2, 0.25) is 0 Å². The lowest BCUT2D eigenvalue weighted by atomic mass is 10.4. The highest BCUT2D eigenvalue weighted by atomic mass is 32.2. The third-order valence-electron chi connectivity index (χ3n) is 2.08. The molecule has 17 heavy (non-hydrogen) atoms. The van der Waals surface area contributed by atoms with Gasteiger partial charge in [-0.05, 0) is 25.1 Å². The van der Waals surface area contributed by atoms with Gasteiger partial charge in [0.05, 0.1) is 17.6 Å². The fraction of sp³-hybridized carbons (Fsp3) is 0.545. The van der Waals surface area contributed by atoms with Gasteiger partial charge >= 0.3 is 0 Å². The Morgan fingerprint density at radius 1 is 1.41 bits per heavy atom. The Morgan fingerprint density at radius 3 is 2.76 bits per heavy atom. The van der Waals surface area contributed by atoms with E-state index in [1.165, 1.54) is 6.20 Å². The molecule has 0 saturated heterocycles. The molecule has 0 saturated carbocycles. The zero-order valence-corrected chi connectivity index (χ0v) is 11.0. The Kier molecular flexibility index (Phi) is 5.37. The number of nitrogens with zero attached hydrogens (tertiary/aromatic N) is 1. The maximum Gasteiger partial charge on any atom is 0.232 e. The van der Waals surface area contributed by atoms with Crippen LogP contribution in [0.1, 0.15) is 20.3 Å². The summed E-state index contributed by atoms with van der Waals surface area (Å²) in [4.78, 5) is 3.85. The maximum absolute atomic E-state index is 11.7.